The van der Waals surface area contributed by atoms with Gasteiger partial charge >= 0.3 is 0 Å². The highest BCUT2D eigenvalue weighted by atomic mass is 16.5. The van der Waals surface area contributed by atoms with Crippen molar-refractivity contribution < 1.29 is 4.74 Å². The summed E-state index contributed by atoms with van der Waals surface area (Å²) < 4.78 is 5.88. The molecule has 1 heterocycles. The molecule has 1 aliphatic heterocycles. The lowest BCUT2D eigenvalue weighted by Gasteiger charge is -2.27. The largest absolute Gasteiger partial charge is 0.374 e. The van der Waals surface area contributed by atoms with Crippen LogP contribution in [-0.4, -0.2) is 24.8 Å². The molecule has 1 fully saturated rings. The SMILES string of the molecule is CCCCCC(CCCCC)NCC1(C)CCCO1. The van der Waals surface area contributed by atoms with Crippen LogP contribution in [0.25, 0.3) is 0 Å². The van der Waals surface area contributed by atoms with Crippen LogP contribution < -0.4 is 5.32 Å². The number of hydrogen-bond donors (Lipinski definition) is 1. The number of nitrogens with one attached hydrogen (secondary N) is 1. The minimum absolute atomic E-state index is 0.105. The van der Waals surface area contributed by atoms with Gasteiger partial charge in [0.05, 0.1) is 5.60 Å². The van der Waals surface area contributed by atoms with Crippen molar-refractivity contribution in [3.8, 4) is 0 Å². The average Bonchev–Trinajstić information content (AvgIpc) is 2.83. The Balaban J connectivity index is 2.25. The minimum atomic E-state index is 0.105. The van der Waals surface area contributed by atoms with Crippen molar-refractivity contribution in [2.75, 3.05) is 13.2 Å². The Labute approximate surface area is 120 Å². The van der Waals surface area contributed by atoms with Gasteiger partial charge in [0.2, 0.25) is 0 Å². The Bertz CT molecular complexity index is 201. The molecule has 114 valence electrons. The van der Waals surface area contributed by atoms with Crippen LogP contribution in [-0.2, 0) is 4.74 Å². The van der Waals surface area contributed by atoms with Gasteiger partial charge in [-0.3, -0.25) is 0 Å². The van der Waals surface area contributed by atoms with E-state index in [0.717, 1.165) is 13.2 Å². The maximum absolute atomic E-state index is 5.88. The molecule has 0 aliphatic carbocycles. The Morgan fingerprint density at radius 2 is 1.68 bits per heavy atom. The molecule has 2 heteroatoms. The highest BCUT2D eigenvalue weighted by Crippen LogP contribution is 2.24. The van der Waals surface area contributed by atoms with Gasteiger partial charge in [0.15, 0.2) is 0 Å². The molecule has 0 spiro atoms. The first-order chi connectivity index (χ1) is 9.20. The second kappa shape index (κ2) is 9.77. The van der Waals surface area contributed by atoms with E-state index in [1.165, 1.54) is 64.2 Å². The van der Waals surface area contributed by atoms with Gasteiger partial charge in [-0.05, 0) is 32.6 Å². The molecule has 0 bridgehead atoms. The van der Waals surface area contributed by atoms with Crippen LogP contribution in [0.2, 0.25) is 0 Å². The highest BCUT2D eigenvalue weighted by molar-refractivity contribution is 4.84. The van der Waals surface area contributed by atoms with Crippen molar-refractivity contribution in [3.63, 3.8) is 0 Å². The van der Waals surface area contributed by atoms with E-state index in [4.69, 9.17) is 4.74 Å². The predicted octanol–water partition coefficient (Wildman–Crippen LogP) is 4.67. The number of unbranched alkanes of at least 4 members (excludes halogenated alkanes) is 4. The molecule has 0 aromatic carbocycles. The Morgan fingerprint density at radius 1 is 1.05 bits per heavy atom. The van der Waals surface area contributed by atoms with Crippen molar-refractivity contribution in [2.24, 2.45) is 0 Å². The summed E-state index contributed by atoms with van der Waals surface area (Å²) in [5, 5.41) is 3.79. The minimum Gasteiger partial charge on any atom is -0.374 e. The first kappa shape index (κ1) is 17.0. The topological polar surface area (TPSA) is 21.3 Å². The molecule has 0 aromatic rings. The third-order valence-corrected chi connectivity index (χ3v) is 4.38. The van der Waals surface area contributed by atoms with Gasteiger partial charge in [-0.15, -0.1) is 0 Å². The molecule has 1 saturated heterocycles. The van der Waals surface area contributed by atoms with Crippen molar-refractivity contribution in [1.82, 2.24) is 5.32 Å². The number of ether oxygens (including phenoxy) is 1. The van der Waals surface area contributed by atoms with E-state index >= 15 is 0 Å². The highest BCUT2D eigenvalue weighted by Gasteiger charge is 2.29. The summed E-state index contributed by atoms with van der Waals surface area (Å²) >= 11 is 0. The summed E-state index contributed by atoms with van der Waals surface area (Å²) in [5.41, 5.74) is 0.105. The maximum Gasteiger partial charge on any atom is 0.0779 e. The van der Waals surface area contributed by atoms with E-state index in [1.54, 1.807) is 0 Å². The summed E-state index contributed by atoms with van der Waals surface area (Å²) in [6, 6.07) is 0.708. The molecule has 1 unspecified atom stereocenters. The third-order valence-electron chi connectivity index (χ3n) is 4.38. The third kappa shape index (κ3) is 7.31. The fourth-order valence-electron chi connectivity index (χ4n) is 2.97. The normalized spacial score (nSPS) is 23.4. The van der Waals surface area contributed by atoms with Crippen LogP contribution >= 0.6 is 0 Å². The fraction of sp³-hybridized carbons (Fsp3) is 1.00. The average molecular weight is 269 g/mol. The summed E-state index contributed by atoms with van der Waals surface area (Å²) in [7, 11) is 0. The van der Waals surface area contributed by atoms with E-state index in [-0.39, 0.29) is 5.60 Å². The molecule has 0 radical (unpaired) electrons. The van der Waals surface area contributed by atoms with Gasteiger partial charge in [0, 0.05) is 19.2 Å². The summed E-state index contributed by atoms with van der Waals surface area (Å²) in [6.07, 6.45) is 13.3. The van der Waals surface area contributed by atoms with E-state index in [0.29, 0.717) is 6.04 Å². The Kier molecular flexibility index (Phi) is 8.72. The van der Waals surface area contributed by atoms with Crippen molar-refractivity contribution in [1.29, 1.82) is 0 Å². The molecule has 0 amide bonds. The van der Waals surface area contributed by atoms with Crippen LogP contribution in [0.5, 0.6) is 0 Å². The van der Waals surface area contributed by atoms with Crippen molar-refractivity contribution >= 4 is 0 Å². The first-order valence-corrected chi connectivity index (χ1v) is 8.57. The molecule has 0 saturated carbocycles. The zero-order valence-electron chi connectivity index (χ0n) is 13.5. The molecule has 1 atom stereocenters. The number of hydrogen-bond acceptors (Lipinski definition) is 2. The molecule has 1 N–H and O–H groups in total. The van der Waals surface area contributed by atoms with Crippen molar-refractivity contribution in [2.45, 2.75) is 96.6 Å². The van der Waals surface area contributed by atoms with E-state index in [1.807, 2.05) is 0 Å². The van der Waals surface area contributed by atoms with Gasteiger partial charge in [-0.2, -0.15) is 0 Å². The van der Waals surface area contributed by atoms with E-state index < -0.39 is 0 Å². The van der Waals surface area contributed by atoms with Gasteiger partial charge in [0.1, 0.15) is 0 Å². The zero-order chi connectivity index (χ0) is 14.0. The van der Waals surface area contributed by atoms with Crippen LogP contribution in [0, 0.1) is 0 Å². The van der Waals surface area contributed by atoms with Crippen LogP contribution in [0.1, 0.15) is 85.0 Å². The lowest BCUT2D eigenvalue weighted by Crippen LogP contribution is -2.42. The molecule has 19 heavy (non-hydrogen) atoms. The number of rotatable bonds is 11. The van der Waals surface area contributed by atoms with Crippen LogP contribution in [0.4, 0.5) is 0 Å². The smallest absolute Gasteiger partial charge is 0.0779 e. The molecule has 0 aromatic heterocycles. The lowest BCUT2D eigenvalue weighted by atomic mass is 9.99. The van der Waals surface area contributed by atoms with Gasteiger partial charge < -0.3 is 10.1 Å². The van der Waals surface area contributed by atoms with Gasteiger partial charge in [0.25, 0.3) is 0 Å². The molecule has 1 aliphatic rings. The summed E-state index contributed by atoms with van der Waals surface area (Å²) in [6.45, 7) is 8.83. The van der Waals surface area contributed by atoms with Gasteiger partial charge in [-0.1, -0.05) is 52.4 Å². The molecule has 2 nitrogen and oxygen atoms in total. The molecule has 1 rings (SSSR count). The van der Waals surface area contributed by atoms with E-state index in [2.05, 4.69) is 26.1 Å². The standard InChI is InChI=1S/C17H35NO/c1-4-6-8-11-16(12-9-7-5-2)18-15-17(3)13-10-14-19-17/h16,18H,4-15H2,1-3H3. The molecular weight excluding hydrogens is 234 g/mol. The van der Waals surface area contributed by atoms with Crippen molar-refractivity contribution in [3.05, 3.63) is 0 Å². The Morgan fingerprint density at radius 3 is 2.16 bits per heavy atom. The second-order valence-corrected chi connectivity index (χ2v) is 6.47. The van der Waals surface area contributed by atoms with E-state index in [9.17, 15) is 0 Å². The fourth-order valence-corrected chi connectivity index (χ4v) is 2.97. The second-order valence-electron chi connectivity index (χ2n) is 6.47. The monoisotopic (exact) mass is 269 g/mol. The first-order valence-electron chi connectivity index (χ1n) is 8.57. The Hall–Kier alpha value is -0.0800. The molecular formula is C17H35NO. The summed E-state index contributed by atoms with van der Waals surface area (Å²) in [5.74, 6) is 0. The lowest BCUT2D eigenvalue weighted by molar-refractivity contribution is 0.0182. The summed E-state index contributed by atoms with van der Waals surface area (Å²) in [4.78, 5) is 0. The van der Waals surface area contributed by atoms with Crippen LogP contribution in [0.15, 0.2) is 0 Å². The zero-order valence-corrected chi connectivity index (χ0v) is 13.5. The van der Waals surface area contributed by atoms with Crippen LogP contribution in [0.3, 0.4) is 0 Å². The quantitative estimate of drug-likeness (QED) is 0.550. The maximum atomic E-state index is 5.88. The van der Waals surface area contributed by atoms with Gasteiger partial charge in [-0.25, -0.2) is 0 Å². The predicted molar refractivity (Wildman–Crippen MR) is 83.7 cm³/mol.